The maximum absolute atomic E-state index is 10.4. The fourth-order valence-electron chi connectivity index (χ4n) is 1.09. The minimum absolute atomic E-state index is 0.0962. The van der Waals surface area contributed by atoms with Crippen molar-refractivity contribution in [3.05, 3.63) is 12.7 Å². The minimum Gasteiger partial charge on any atom is -0.742 e. The van der Waals surface area contributed by atoms with E-state index in [2.05, 4.69) is 19.2 Å². The second-order valence-electron chi connectivity index (χ2n) is 2.97. The molecule has 0 rings (SSSR count). The van der Waals surface area contributed by atoms with Crippen LogP contribution in [0.5, 0.6) is 0 Å². The summed E-state index contributed by atoms with van der Waals surface area (Å²) in [5.41, 5.74) is 0. The molecule has 70 valence electrons. The molecule has 0 aliphatic rings. The predicted molar refractivity (Wildman–Crippen MR) is 54.9 cm³/mol. The zero-order valence-corrected chi connectivity index (χ0v) is 8.37. The number of carbonyl (C=O) groups excluding carboxylic acids is 1. The molecule has 0 aliphatic heterocycles. The van der Waals surface area contributed by atoms with Crippen LogP contribution in [0.15, 0.2) is 12.7 Å². The van der Waals surface area contributed by atoms with Gasteiger partial charge < -0.3 is 17.4 Å². The third-order valence-corrected chi connectivity index (χ3v) is 1.99. The van der Waals surface area contributed by atoms with Gasteiger partial charge in [-0.1, -0.05) is 25.3 Å². The van der Waals surface area contributed by atoms with E-state index in [1.807, 2.05) is 6.08 Å². The molecule has 2 heteroatoms. The molecule has 0 saturated carbocycles. The number of hydrogen-bond donors (Lipinski definition) is 0. The minimum atomic E-state index is -0.0962. The zero-order valence-electron chi connectivity index (χ0n) is 7.55. The number of allylic oxidation sites excluding steroid dienone is 1. The van der Waals surface area contributed by atoms with E-state index in [0.29, 0.717) is 6.42 Å². The van der Waals surface area contributed by atoms with E-state index >= 15 is 0 Å². The molecule has 0 amide bonds. The maximum atomic E-state index is 10.4. The Hall–Kier alpha value is -0.370. The molecule has 0 spiro atoms. The summed E-state index contributed by atoms with van der Waals surface area (Å²) in [6, 6.07) is 0. The molecule has 0 fully saturated rings. The second kappa shape index (κ2) is 8.72. The van der Waals surface area contributed by atoms with Crippen molar-refractivity contribution in [1.82, 2.24) is 0 Å². The SMILES string of the molecule is C=CCCCCCCCC(=O)[S-]. The summed E-state index contributed by atoms with van der Waals surface area (Å²) in [5.74, 6) is 0. The molecule has 0 saturated heterocycles. The smallest absolute Gasteiger partial charge is 0.0119 e. The Kier molecular flexibility index (Phi) is 8.46. The van der Waals surface area contributed by atoms with Crippen LogP contribution in [0.2, 0.25) is 0 Å². The fraction of sp³-hybridized carbons (Fsp3) is 0.700. The van der Waals surface area contributed by atoms with Crippen molar-refractivity contribution in [3.8, 4) is 0 Å². The maximum Gasteiger partial charge on any atom is 0.0119 e. The van der Waals surface area contributed by atoms with Gasteiger partial charge in [0, 0.05) is 5.12 Å². The first-order valence-electron chi connectivity index (χ1n) is 4.58. The highest BCUT2D eigenvalue weighted by molar-refractivity contribution is 7.77. The number of unbranched alkanes of at least 4 members (excludes halogenated alkanes) is 5. The average Bonchev–Trinajstić information content (AvgIpc) is 2.02. The van der Waals surface area contributed by atoms with Crippen LogP contribution in [0.1, 0.15) is 44.9 Å². The van der Waals surface area contributed by atoms with E-state index in [9.17, 15) is 4.79 Å². The highest BCUT2D eigenvalue weighted by Gasteiger charge is 1.89. The second-order valence-corrected chi connectivity index (χ2v) is 3.42. The molecule has 0 aromatic carbocycles. The van der Waals surface area contributed by atoms with Crippen LogP contribution in [0.25, 0.3) is 0 Å². The average molecular weight is 185 g/mol. The van der Waals surface area contributed by atoms with Crippen molar-refractivity contribution in [2.45, 2.75) is 44.9 Å². The molecular weight excluding hydrogens is 168 g/mol. The molecule has 12 heavy (non-hydrogen) atoms. The Morgan fingerprint density at radius 3 is 2.33 bits per heavy atom. The van der Waals surface area contributed by atoms with Crippen LogP contribution in [-0.4, -0.2) is 5.12 Å². The standard InChI is InChI=1S/C10H18OS/c1-2-3-4-5-6-7-8-9-10(11)12/h2H,1,3-9H2,(H,11,12)/p-1. The van der Waals surface area contributed by atoms with Gasteiger partial charge in [-0.2, -0.15) is 0 Å². The van der Waals surface area contributed by atoms with Crippen molar-refractivity contribution >= 4 is 17.7 Å². The summed E-state index contributed by atoms with van der Waals surface area (Å²) in [4.78, 5) is 10.4. The Morgan fingerprint density at radius 2 is 1.75 bits per heavy atom. The summed E-state index contributed by atoms with van der Waals surface area (Å²) >= 11 is 4.45. The summed E-state index contributed by atoms with van der Waals surface area (Å²) in [6.45, 7) is 3.66. The van der Waals surface area contributed by atoms with Crippen LogP contribution in [-0.2, 0) is 17.4 Å². The van der Waals surface area contributed by atoms with E-state index in [1.54, 1.807) is 0 Å². The highest BCUT2D eigenvalue weighted by Crippen LogP contribution is 2.07. The molecule has 0 N–H and O–H groups in total. The van der Waals surface area contributed by atoms with Gasteiger partial charge in [0.1, 0.15) is 0 Å². The molecule has 0 unspecified atom stereocenters. The lowest BCUT2D eigenvalue weighted by atomic mass is 10.1. The third kappa shape index (κ3) is 9.63. The van der Waals surface area contributed by atoms with Gasteiger partial charge in [0.15, 0.2) is 0 Å². The molecule has 0 heterocycles. The molecule has 0 aromatic heterocycles. The molecular formula is C10H17OS-. The van der Waals surface area contributed by atoms with Gasteiger partial charge in [0.05, 0.1) is 0 Å². The van der Waals surface area contributed by atoms with Crippen LogP contribution in [0.3, 0.4) is 0 Å². The van der Waals surface area contributed by atoms with E-state index in [4.69, 9.17) is 0 Å². The van der Waals surface area contributed by atoms with Crippen molar-refractivity contribution in [2.75, 3.05) is 0 Å². The van der Waals surface area contributed by atoms with Crippen molar-refractivity contribution in [1.29, 1.82) is 0 Å². The lowest BCUT2D eigenvalue weighted by molar-refractivity contribution is -0.111. The Labute approximate surface area is 80.7 Å². The quantitative estimate of drug-likeness (QED) is 0.328. The summed E-state index contributed by atoms with van der Waals surface area (Å²) < 4.78 is 0. The van der Waals surface area contributed by atoms with E-state index in [1.165, 1.54) is 19.3 Å². The van der Waals surface area contributed by atoms with E-state index in [-0.39, 0.29) is 5.12 Å². The normalized spacial score (nSPS) is 9.67. The van der Waals surface area contributed by atoms with Gasteiger partial charge in [-0.05, 0) is 25.7 Å². The lowest BCUT2D eigenvalue weighted by Crippen LogP contribution is -1.90. The van der Waals surface area contributed by atoms with Gasteiger partial charge in [-0.15, -0.1) is 6.58 Å². The lowest BCUT2D eigenvalue weighted by Gasteiger charge is -2.02. The summed E-state index contributed by atoms with van der Waals surface area (Å²) in [5, 5.41) is -0.0962. The topological polar surface area (TPSA) is 17.1 Å². The van der Waals surface area contributed by atoms with E-state index in [0.717, 1.165) is 19.3 Å². The Balaban J connectivity index is 2.90. The first-order chi connectivity index (χ1) is 5.77. The zero-order chi connectivity index (χ0) is 9.23. The highest BCUT2D eigenvalue weighted by atomic mass is 32.1. The van der Waals surface area contributed by atoms with Gasteiger partial charge in [-0.25, -0.2) is 0 Å². The van der Waals surface area contributed by atoms with Gasteiger partial charge in [0.25, 0.3) is 0 Å². The van der Waals surface area contributed by atoms with Crippen molar-refractivity contribution in [3.63, 3.8) is 0 Å². The summed E-state index contributed by atoms with van der Waals surface area (Å²) in [6.07, 6.45) is 9.44. The molecule has 0 bridgehead atoms. The van der Waals surface area contributed by atoms with Gasteiger partial charge >= 0.3 is 0 Å². The van der Waals surface area contributed by atoms with E-state index < -0.39 is 0 Å². The monoisotopic (exact) mass is 185 g/mol. The molecule has 0 aliphatic carbocycles. The molecule has 0 aromatic rings. The Morgan fingerprint density at radius 1 is 1.17 bits per heavy atom. The Bertz CT molecular complexity index is 132. The largest absolute Gasteiger partial charge is 0.742 e. The third-order valence-electron chi connectivity index (χ3n) is 1.79. The number of hydrogen-bond acceptors (Lipinski definition) is 2. The van der Waals surface area contributed by atoms with Crippen molar-refractivity contribution < 1.29 is 4.79 Å². The number of rotatable bonds is 8. The van der Waals surface area contributed by atoms with Gasteiger partial charge in [-0.3, -0.25) is 0 Å². The first kappa shape index (κ1) is 11.6. The van der Waals surface area contributed by atoms with Gasteiger partial charge in [0.2, 0.25) is 0 Å². The first-order valence-corrected chi connectivity index (χ1v) is 4.99. The fourth-order valence-corrected chi connectivity index (χ4v) is 1.23. The van der Waals surface area contributed by atoms with Crippen LogP contribution < -0.4 is 0 Å². The molecule has 1 nitrogen and oxygen atoms in total. The van der Waals surface area contributed by atoms with Crippen LogP contribution in [0.4, 0.5) is 0 Å². The van der Waals surface area contributed by atoms with Crippen molar-refractivity contribution in [2.24, 2.45) is 0 Å². The predicted octanol–water partition coefficient (Wildman–Crippen LogP) is 2.98. The van der Waals surface area contributed by atoms with Crippen LogP contribution >= 0.6 is 0 Å². The summed E-state index contributed by atoms with van der Waals surface area (Å²) in [7, 11) is 0. The van der Waals surface area contributed by atoms with Crippen LogP contribution in [0, 0.1) is 0 Å². The number of carbonyl (C=O) groups is 1. The molecule has 0 radical (unpaired) electrons. The molecule has 0 atom stereocenters.